The lowest BCUT2D eigenvalue weighted by atomic mass is 9.86. The lowest BCUT2D eigenvalue weighted by molar-refractivity contribution is 0.0631. The second-order valence-electron chi connectivity index (χ2n) is 11.3. The van der Waals surface area contributed by atoms with Gasteiger partial charge in [-0.25, -0.2) is 4.68 Å². The van der Waals surface area contributed by atoms with Gasteiger partial charge in [-0.1, -0.05) is 81.4 Å². The Morgan fingerprint density at radius 3 is 2.36 bits per heavy atom. The van der Waals surface area contributed by atoms with E-state index in [9.17, 15) is 4.79 Å². The summed E-state index contributed by atoms with van der Waals surface area (Å²) < 4.78 is 7.53. The molecule has 5 rings (SSSR count). The third-order valence-corrected chi connectivity index (χ3v) is 7.72. The molecule has 0 aliphatic carbocycles. The molecule has 1 aliphatic heterocycles. The Morgan fingerprint density at radius 1 is 1.00 bits per heavy atom. The fourth-order valence-electron chi connectivity index (χ4n) is 5.50. The molecular formula is C33H38N4O2. The van der Waals surface area contributed by atoms with Gasteiger partial charge < -0.3 is 9.64 Å². The van der Waals surface area contributed by atoms with E-state index in [2.05, 4.69) is 55.5 Å². The number of para-hydroxylation sites is 1. The van der Waals surface area contributed by atoms with Crippen LogP contribution in [0, 0.1) is 6.92 Å². The Hall–Kier alpha value is -3.90. The van der Waals surface area contributed by atoms with Crippen LogP contribution in [0.15, 0.2) is 85.1 Å². The van der Waals surface area contributed by atoms with E-state index in [0.29, 0.717) is 12.1 Å². The minimum Gasteiger partial charge on any atom is -0.496 e. The first kappa shape index (κ1) is 26.7. The van der Waals surface area contributed by atoms with E-state index in [0.717, 1.165) is 41.1 Å². The molecule has 1 aromatic heterocycles. The van der Waals surface area contributed by atoms with E-state index in [4.69, 9.17) is 4.74 Å². The highest BCUT2D eigenvalue weighted by Gasteiger charge is 2.39. The van der Waals surface area contributed by atoms with Crippen molar-refractivity contribution in [2.75, 3.05) is 7.11 Å². The van der Waals surface area contributed by atoms with Crippen molar-refractivity contribution in [1.82, 2.24) is 20.0 Å². The average Bonchev–Trinajstić information content (AvgIpc) is 3.55. The lowest BCUT2D eigenvalue weighted by Gasteiger charge is -2.31. The van der Waals surface area contributed by atoms with Gasteiger partial charge in [0.05, 0.1) is 42.5 Å². The van der Waals surface area contributed by atoms with Gasteiger partial charge in [0.2, 0.25) is 0 Å². The first-order valence-corrected chi connectivity index (χ1v) is 13.7. The summed E-state index contributed by atoms with van der Waals surface area (Å²) >= 11 is 0. The zero-order chi connectivity index (χ0) is 27.6. The van der Waals surface area contributed by atoms with Gasteiger partial charge in [0, 0.05) is 12.1 Å². The SMILES string of the molecule is COc1ccc(C(C)(C)C)cc1CNC1CCC(c2ccccc2)N1C(=O)c1cnn(-c2ccccc2)c1C. The Kier molecular flexibility index (Phi) is 7.58. The molecule has 3 aromatic carbocycles. The van der Waals surface area contributed by atoms with Crippen molar-refractivity contribution in [2.24, 2.45) is 0 Å². The molecule has 1 aliphatic rings. The molecule has 6 nitrogen and oxygen atoms in total. The van der Waals surface area contributed by atoms with Crippen molar-refractivity contribution in [3.63, 3.8) is 0 Å². The number of likely N-dealkylation sites (tertiary alicyclic amines) is 1. The molecule has 1 N–H and O–H groups in total. The molecule has 1 amide bonds. The zero-order valence-electron chi connectivity index (χ0n) is 23.5. The van der Waals surface area contributed by atoms with Gasteiger partial charge in [-0.15, -0.1) is 0 Å². The van der Waals surface area contributed by atoms with Crippen molar-refractivity contribution in [2.45, 2.75) is 64.7 Å². The summed E-state index contributed by atoms with van der Waals surface area (Å²) in [5, 5.41) is 8.29. The van der Waals surface area contributed by atoms with Crippen LogP contribution in [-0.2, 0) is 12.0 Å². The summed E-state index contributed by atoms with van der Waals surface area (Å²) in [6.07, 6.45) is 3.33. The number of nitrogens with one attached hydrogen (secondary N) is 1. The summed E-state index contributed by atoms with van der Waals surface area (Å²) in [5.41, 5.74) is 5.93. The topological polar surface area (TPSA) is 59.4 Å². The fraction of sp³-hybridized carbons (Fsp3) is 0.333. The monoisotopic (exact) mass is 522 g/mol. The van der Waals surface area contributed by atoms with Crippen molar-refractivity contribution >= 4 is 5.91 Å². The average molecular weight is 523 g/mol. The number of rotatable bonds is 7. The quantitative estimate of drug-likeness (QED) is 0.298. The van der Waals surface area contributed by atoms with Gasteiger partial charge in [0.15, 0.2) is 0 Å². The van der Waals surface area contributed by atoms with Crippen LogP contribution in [0.3, 0.4) is 0 Å². The molecule has 4 aromatic rings. The Balaban J connectivity index is 1.45. The molecule has 1 saturated heterocycles. The Labute approximate surface area is 231 Å². The summed E-state index contributed by atoms with van der Waals surface area (Å²) in [5.74, 6) is 0.847. The van der Waals surface area contributed by atoms with Crippen LogP contribution in [0.5, 0.6) is 5.75 Å². The fourth-order valence-corrected chi connectivity index (χ4v) is 5.50. The highest BCUT2D eigenvalue weighted by molar-refractivity contribution is 5.96. The number of hydrogen-bond acceptors (Lipinski definition) is 4. The molecule has 2 heterocycles. The van der Waals surface area contributed by atoms with Gasteiger partial charge in [-0.3, -0.25) is 10.1 Å². The molecule has 1 fully saturated rings. The van der Waals surface area contributed by atoms with Crippen LogP contribution < -0.4 is 10.1 Å². The molecule has 2 atom stereocenters. The van der Waals surface area contributed by atoms with Crippen LogP contribution in [0.4, 0.5) is 0 Å². The predicted molar refractivity (Wildman–Crippen MR) is 155 cm³/mol. The number of aromatic nitrogens is 2. The standard InChI is InChI=1S/C33H38N4O2/c1-23-28(22-35-37(23)27-14-10-7-11-15-27)32(38)36-29(24-12-8-6-9-13-24)17-19-31(36)34-21-25-20-26(33(2,3)4)16-18-30(25)39-5/h6-16,18,20,22,29,31,34H,17,19,21H2,1-5H3. The van der Waals surface area contributed by atoms with Crippen LogP contribution in [0.2, 0.25) is 0 Å². The molecule has 0 saturated carbocycles. The minimum absolute atomic E-state index is 0.00561. The number of carbonyl (C=O) groups excluding carboxylic acids is 1. The first-order valence-electron chi connectivity index (χ1n) is 13.7. The smallest absolute Gasteiger partial charge is 0.259 e. The number of benzene rings is 3. The largest absolute Gasteiger partial charge is 0.496 e. The normalized spacial score (nSPS) is 17.4. The van der Waals surface area contributed by atoms with Crippen molar-refractivity contribution < 1.29 is 9.53 Å². The van der Waals surface area contributed by atoms with Gasteiger partial charge in [-0.05, 0) is 54.5 Å². The van der Waals surface area contributed by atoms with Crippen molar-refractivity contribution in [3.05, 3.63) is 113 Å². The lowest BCUT2D eigenvalue weighted by Crippen LogP contribution is -2.45. The van der Waals surface area contributed by atoms with Crippen LogP contribution in [0.1, 0.15) is 72.4 Å². The second-order valence-corrected chi connectivity index (χ2v) is 11.3. The van der Waals surface area contributed by atoms with Crippen LogP contribution in [-0.4, -0.2) is 33.9 Å². The molecular weight excluding hydrogens is 484 g/mol. The maximum absolute atomic E-state index is 14.2. The third kappa shape index (κ3) is 5.48. The van der Waals surface area contributed by atoms with Gasteiger partial charge >= 0.3 is 0 Å². The minimum atomic E-state index is -0.120. The van der Waals surface area contributed by atoms with E-state index >= 15 is 0 Å². The van der Waals surface area contributed by atoms with Crippen LogP contribution in [0.25, 0.3) is 5.69 Å². The van der Waals surface area contributed by atoms with Crippen LogP contribution >= 0.6 is 0 Å². The van der Waals surface area contributed by atoms with Crippen molar-refractivity contribution in [1.29, 1.82) is 0 Å². The molecule has 39 heavy (non-hydrogen) atoms. The maximum Gasteiger partial charge on any atom is 0.259 e. The molecule has 202 valence electrons. The molecule has 6 heteroatoms. The highest BCUT2D eigenvalue weighted by atomic mass is 16.5. The van der Waals surface area contributed by atoms with E-state index in [1.165, 1.54) is 5.56 Å². The molecule has 0 radical (unpaired) electrons. The van der Waals surface area contributed by atoms with Gasteiger partial charge in [0.25, 0.3) is 5.91 Å². The summed E-state index contributed by atoms with van der Waals surface area (Å²) in [4.78, 5) is 16.3. The number of hydrogen-bond donors (Lipinski definition) is 1. The summed E-state index contributed by atoms with van der Waals surface area (Å²) in [7, 11) is 1.71. The summed E-state index contributed by atoms with van der Waals surface area (Å²) in [6, 6.07) is 26.6. The van der Waals surface area contributed by atoms with Gasteiger partial charge in [-0.2, -0.15) is 5.10 Å². The predicted octanol–water partition coefficient (Wildman–Crippen LogP) is 6.58. The van der Waals surface area contributed by atoms with E-state index in [1.54, 1.807) is 13.3 Å². The third-order valence-electron chi connectivity index (χ3n) is 7.72. The summed E-state index contributed by atoms with van der Waals surface area (Å²) in [6.45, 7) is 9.21. The molecule has 2 unspecified atom stereocenters. The highest BCUT2D eigenvalue weighted by Crippen LogP contribution is 2.37. The van der Waals surface area contributed by atoms with E-state index in [-0.39, 0.29) is 23.5 Å². The maximum atomic E-state index is 14.2. The number of nitrogens with zero attached hydrogens (tertiary/aromatic N) is 3. The molecule has 0 spiro atoms. The Morgan fingerprint density at radius 2 is 1.69 bits per heavy atom. The second kappa shape index (κ2) is 11.1. The van der Waals surface area contributed by atoms with Gasteiger partial charge in [0.1, 0.15) is 5.75 Å². The number of carbonyl (C=O) groups is 1. The first-order chi connectivity index (χ1) is 18.8. The van der Waals surface area contributed by atoms with E-state index in [1.807, 2.05) is 71.1 Å². The number of methoxy groups -OCH3 is 1. The zero-order valence-corrected chi connectivity index (χ0v) is 23.5. The number of amides is 1. The number of ether oxygens (including phenoxy) is 1. The van der Waals surface area contributed by atoms with E-state index < -0.39 is 0 Å². The van der Waals surface area contributed by atoms with Crippen molar-refractivity contribution in [3.8, 4) is 11.4 Å². The Bertz CT molecular complexity index is 1420. The molecule has 0 bridgehead atoms.